The Kier molecular flexibility index (Phi) is 7.90. The minimum Gasteiger partial charge on any atom is -0.490 e. The van der Waals surface area contributed by atoms with Gasteiger partial charge in [-0.25, -0.2) is 9.78 Å². The van der Waals surface area contributed by atoms with Gasteiger partial charge < -0.3 is 18.6 Å². The van der Waals surface area contributed by atoms with Gasteiger partial charge in [-0.15, -0.1) is 0 Å². The van der Waals surface area contributed by atoms with Gasteiger partial charge in [0.15, 0.2) is 23.4 Å². The molecule has 0 aliphatic heterocycles. The van der Waals surface area contributed by atoms with Crippen LogP contribution in [0.25, 0.3) is 33.5 Å². The van der Waals surface area contributed by atoms with Crippen molar-refractivity contribution in [1.29, 1.82) is 0 Å². The topological polar surface area (TPSA) is 105 Å². The Morgan fingerprint density at radius 2 is 2.00 bits per heavy atom. The molecule has 0 bridgehead atoms. The number of fused-ring (bicyclic) bond motifs is 2. The van der Waals surface area contributed by atoms with E-state index in [9.17, 15) is 9.59 Å². The molecule has 0 radical (unpaired) electrons. The number of esters is 1. The number of hydrogen-bond acceptors (Lipinski definition) is 8. The number of furan rings is 1. The lowest BCUT2D eigenvalue weighted by Gasteiger charge is -2.17. The van der Waals surface area contributed by atoms with Crippen LogP contribution in [0.4, 0.5) is 0 Å². The van der Waals surface area contributed by atoms with Crippen LogP contribution in [0.5, 0.6) is 11.5 Å². The first kappa shape index (κ1) is 27.4. The molecule has 5 aromatic rings. The fourth-order valence-electron chi connectivity index (χ4n) is 4.07. The third kappa shape index (κ3) is 5.45. The van der Waals surface area contributed by atoms with Gasteiger partial charge in [-0.05, 0) is 83.9 Å². The molecule has 0 aliphatic rings. The van der Waals surface area contributed by atoms with Crippen LogP contribution in [0.15, 0.2) is 79.4 Å². The van der Waals surface area contributed by atoms with Crippen molar-refractivity contribution in [3.63, 3.8) is 0 Å². The van der Waals surface area contributed by atoms with E-state index in [1.54, 1.807) is 61.5 Å². The highest BCUT2D eigenvalue weighted by Crippen LogP contribution is 2.37. The minimum absolute atomic E-state index is 0.225. The Morgan fingerprint density at radius 3 is 2.77 bits per heavy atom. The summed E-state index contributed by atoms with van der Waals surface area (Å²) in [7, 11) is 1.29. The number of halogens is 2. The summed E-state index contributed by atoms with van der Waals surface area (Å²) in [6.07, 6.45) is 0.644. The standard InChI is InChI=1S/C29H23BrClN3O6/c1-4-38-24-12-17(11-21(30)26(24)39-16(2)29(36)37-3)15-32-34-27(33-22-8-6-5-7-20(22)28(34)35)25-14-18-13-19(31)9-10-23(18)40-25/h5-16H,4H2,1-3H3/t16-/m0/s1. The van der Waals surface area contributed by atoms with Gasteiger partial charge in [0, 0.05) is 10.4 Å². The quantitative estimate of drug-likeness (QED) is 0.144. The molecule has 0 unspecified atom stereocenters. The fraction of sp³-hybridized carbons (Fsp3) is 0.172. The summed E-state index contributed by atoms with van der Waals surface area (Å²) >= 11 is 9.65. The number of nitrogens with zero attached hydrogens (tertiary/aromatic N) is 3. The molecule has 0 saturated heterocycles. The van der Waals surface area contributed by atoms with Crippen LogP contribution in [-0.2, 0) is 9.53 Å². The van der Waals surface area contributed by atoms with Crippen LogP contribution in [0, 0.1) is 0 Å². The highest BCUT2D eigenvalue weighted by Gasteiger charge is 2.21. The molecule has 0 amide bonds. The molecule has 11 heteroatoms. The maximum Gasteiger partial charge on any atom is 0.346 e. The third-order valence-corrected chi connectivity index (χ3v) is 6.76. The number of rotatable bonds is 8. The summed E-state index contributed by atoms with van der Waals surface area (Å²) in [4.78, 5) is 30.2. The number of carbonyl (C=O) groups is 1. The van der Waals surface area contributed by atoms with Crippen LogP contribution in [0.3, 0.4) is 0 Å². The Labute approximate surface area is 242 Å². The van der Waals surface area contributed by atoms with Crippen molar-refractivity contribution in [3.05, 3.63) is 86.1 Å². The van der Waals surface area contributed by atoms with Gasteiger partial charge >= 0.3 is 5.97 Å². The first-order valence-corrected chi connectivity index (χ1v) is 13.4. The maximum atomic E-state index is 13.6. The molecular formula is C29H23BrClN3O6. The SMILES string of the molecule is CCOc1cc(C=Nn2c(-c3cc4cc(Cl)ccc4o3)nc3ccccc3c2=O)cc(Br)c1O[C@@H](C)C(=O)OC. The van der Waals surface area contributed by atoms with Gasteiger partial charge in [0.1, 0.15) is 5.58 Å². The highest BCUT2D eigenvalue weighted by molar-refractivity contribution is 9.10. The van der Waals surface area contributed by atoms with E-state index in [1.165, 1.54) is 18.0 Å². The highest BCUT2D eigenvalue weighted by atomic mass is 79.9. The van der Waals surface area contributed by atoms with Gasteiger partial charge in [-0.2, -0.15) is 9.78 Å². The minimum atomic E-state index is -0.858. The zero-order valence-electron chi connectivity index (χ0n) is 21.7. The summed E-state index contributed by atoms with van der Waals surface area (Å²) < 4.78 is 24.1. The summed E-state index contributed by atoms with van der Waals surface area (Å²) in [5, 5.41) is 6.23. The number of aromatic nitrogens is 2. The number of carbonyl (C=O) groups excluding carboxylic acids is 1. The zero-order chi connectivity index (χ0) is 28.4. The van der Waals surface area contributed by atoms with Crippen LogP contribution in [0.1, 0.15) is 19.4 Å². The van der Waals surface area contributed by atoms with Crippen LogP contribution >= 0.6 is 27.5 Å². The van der Waals surface area contributed by atoms with Gasteiger partial charge in [0.05, 0.1) is 35.3 Å². The molecule has 204 valence electrons. The fourth-order valence-corrected chi connectivity index (χ4v) is 4.80. The molecule has 0 saturated carbocycles. The smallest absolute Gasteiger partial charge is 0.346 e. The average molecular weight is 625 g/mol. The van der Waals surface area contributed by atoms with Crippen molar-refractivity contribution in [3.8, 4) is 23.1 Å². The molecule has 0 N–H and O–H groups in total. The number of para-hydroxylation sites is 1. The molecule has 40 heavy (non-hydrogen) atoms. The number of ether oxygens (including phenoxy) is 3. The Hall–Kier alpha value is -4.15. The van der Waals surface area contributed by atoms with Crippen LogP contribution in [0.2, 0.25) is 5.02 Å². The maximum absolute atomic E-state index is 13.6. The number of methoxy groups -OCH3 is 1. The second kappa shape index (κ2) is 11.5. The Balaban J connectivity index is 1.61. The normalized spacial score (nSPS) is 12.2. The lowest BCUT2D eigenvalue weighted by Crippen LogP contribution is -2.25. The van der Waals surface area contributed by atoms with Crippen molar-refractivity contribution in [2.75, 3.05) is 13.7 Å². The average Bonchev–Trinajstić information content (AvgIpc) is 3.37. The van der Waals surface area contributed by atoms with Crippen LogP contribution < -0.4 is 15.0 Å². The summed E-state index contributed by atoms with van der Waals surface area (Å²) in [6.45, 7) is 3.76. The van der Waals surface area contributed by atoms with E-state index in [1.807, 2.05) is 13.0 Å². The van der Waals surface area contributed by atoms with Gasteiger partial charge in [-0.1, -0.05) is 23.7 Å². The molecule has 3 aromatic carbocycles. The van der Waals surface area contributed by atoms with E-state index < -0.39 is 12.1 Å². The molecule has 0 spiro atoms. The lowest BCUT2D eigenvalue weighted by molar-refractivity contribution is -0.147. The molecule has 5 rings (SSSR count). The molecule has 0 fully saturated rings. The molecule has 0 aliphatic carbocycles. The third-order valence-electron chi connectivity index (χ3n) is 5.93. The van der Waals surface area contributed by atoms with Crippen molar-refractivity contribution < 1.29 is 23.4 Å². The predicted molar refractivity (Wildman–Crippen MR) is 157 cm³/mol. The van der Waals surface area contributed by atoms with E-state index in [0.717, 1.165) is 5.39 Å². The summed E-state index contributed by atoms with van der Waals surface area (Å²) in [5.74, 6) is 0.774. The first-order valence-electron chi connectivity index (χ1n) is 12.3. The Bertz CT molecular complexity index is 1830. The number of hydrogen-bond donors (Lipinski definition) is 0. The van der Waals surface area contributed by atoms with Crippen LogP contribution in [-0.4, -0.2) is 41.7 Å². The van der Waals surface area contributed by atoms with Gasteiger partial charge in [-0.3, -0.25) is 4.79 Å². The van der Waals surface area contributed by atoms with E-state index >= 15 is 0 Å². The molecule has 2 aromatic heterocycles. The molecule has 2 heterocycles. The second-order valence-electron chi connectivity index (χ2n) is 8.65. The second-order valence-corrected chi connectivity index (χ2v) is 9.94. The monoisotopic (exact) mass is 623 g/mol. The molecule has 1 atom stereocenters. The first-order chi connectivity index (χ1) is 19.3. The van der Waals surface area contributed by atoms with E-state index in [4.69, 9.17) is 35.2 Å². The summed E-state index contributed by atoms with van der Waals surface area (Å²) in [6, 6.07) is 17.5. The Morgan fingerprint density at radius 1 is 1.20 bits per heavy atom. The van der Waals surface area contributed by atoms with E-state index in [0.29, 0.717) is 55.4 Å². The predicted octanol–water partition coefficient (Wildman–Crippen LogP) is 6.45. The molecule has 9 nitrogen and oxygen atoms in total. The van der Waals surface area contributed by atoms with Gasteiger partial charge in [0.2, 0.25) is 5.82 Å². The zero-order valence-corrected chi connectivity index (χ0v) is 24.0. The lowest BCUT2D eigenvalue weighted by atomic mass is 10.2. The van der Waals surface area contributed by atoms with E-state index in [-0.39, 0.29) is 11.4 Å². The largest absolute Gasteiger partial charge is 0.490 e. The van der Waals surface area contributed by atoms with Crippen molar-refractivity contribution in [2.45, 2.75) is 20.0 Å². The van der Waals surface area contributed by atoms with E-state index in [2.05, 4.69) is 21.0 Å². The van der Waals surface area contributed by atoms with Crippen molar-refractivity contribution in [1.82, 2.24) is 9.66 Å². The number of benzene rings is 3. The summed E-state index contributed by atoms with van der Waals surface area (Å²) in [5.41, 5.74) is 1.33. The van der Waals surface area contributed by atoms with Crippen molar-refractivity contribution in [2.24, 2.45) is 5.10 Å². The van der Waals surface area contributed by atoms with Crippen molar-refractivity contribution >= 4 is 61.6 Å². The molecular weight excluding hydrogens is 602 g/mol. The van der Waals surface area contributed by atoms with Gasteiger partial charge in [0.25, 0.3) is 5.56 Å².